The molecule has 9 nitrogen and oxygen atoms in total. The third kappa shape index (κ3) is 3.28. The molecule has 0 N–H and O–H groups in total. The molecule has 1 amide bonds. The van der Waals surface area contributed by atoms with Gasteiger partial charge in [0.15, 0.2) is 0 Å². The van der Waals surface area contributed by atoms with Gasteiger partial charge in [0, 0.05) is 5.75 Å². The molecule has 2 aromatic heterocycles. The second kappa shape index (κ2) is 6.69. The molecule has 1 aliphatic rings. The highest BCUT2D eigenvalue weighted by atomic mass is 32.2. The zero-order chi connectivity index (χ0) is 17.2. The fraction of sp³-hybridized carbons (Fsp3) is 0.214. The van der Waals surface area contributed by atoms with Crippen LogP contribution in [0, 0.1) is 6.92 Å². The molecule has 0 aliphatic carbocycles. The van der Waals surface area contributed by atoms with Gasteiger partial charge in [-0.05, 0) is 29.5 Å². The summed E-state index contributed by atoms with van der Waals surface area (Å²) in [6.07, 6.45) is 0.262. The quantitative estimate of drug-likeness (QED) is 0.628. The Balaban J connectivity index is 1.48. The van der Waals surface area contributed by atoms with E-state index < -0.39 is 0 Å². The van der Waals surface area contributed by atoms with Gasteiger partial charge in [-0.15, -0.1) is 15.3 Å². The highest BCUT2D eigenvalue weighted by molar-refractivity contribution is 7.99. The Morgan fingerprint density at radius 3 is 2.80 bits per heavy atom. The maximum absolute atomic E-state index is 12.1. The van der Waals surface area contributed by atoms with Crippen LogP contribution in [-0.2, 0) is 4.79 Å². The molecule has 1 aromatic carbocycles. The lowest BCUT2D eigenvalue weighted by molar-refractivity contribution is -0.116. The SMILES string of the molecule is Cc1nnc(N2N=C(CSc3nnnn3-c3ccccc3)CC2=O)s1. The Bertz CT molecular complexity index is 935. The van der Waals surface area contributed by atoms with Crippen molar-refractivity contribution in [3.05, 3.63) is 35.3 Å². The Kier molecular flexibility index (Phi) is 4.24. The second-order valence-electron chi connectivity index (χ2n) is 5.15. The van der Waals surface area contributed by atoms with E-state index in [1.807, 2.05) is 37.3 Å². The molecule has 0 atom stereocenters. The van der Waals surface area contributed by atoms with E-state index in [0.29, 0.717) is 16.0 Å². The number of para-hydroxylation sites is 1. The van der Waals surface area contributed by atoms with Crippen LogP contribution in [0.3, 0.4) is 0 Å². The first-order valence-corrected chi connectivity index (χ1v) is 9.17. The number of nitrogens with zero attached hydrogens (tertiary/aromatic N) is 8. The third-order valence-corrected chi connectivity index (χ3v) is 5.14. The number of hydrogen-bond acceptors (Lipinski definition) is 9. The molecule has 126 valence electrons. The van der Waals surface area contributed by atoms with Crippen molar-refractivity contribution in [1.82, 2.24) is 30.4 Å². The van der Waals surface area contributed by atoms with Gasteiger partial charge in [-0.3, -0.25) is 4.79 Å². The van der Waals surface area contributed by atoms with Gasteiger partial charge in [-0.1, -0.05) is 41.3 Å². The lowest BCUT2D eigenvalue weighted by Crippen LogP contribution is -2.19. The smallest absolute Gasteiger partial charge is 0.255 e. The molecule has 11 heteroatoms. The van der Waals surface area contributed by atoms with Crippen molar-refractivity contribution >= 4 is 39.8 Å². The molecule has 3 aromatic rings. The van der Waals surface area contributed by atoms with Crippen molar-refractivity contribution in [2.45, 2.75) is 18.5 Å². The van der Waals surface area contributed by atoms with Crippen LogP contribution in [0.4, 0.5) is 5.13 Å². The summed E-state index contributed by atoms with van der Waals surface area (Å²) in [6, 6.07) is 9.64. The van der Waals surface area contributed by atoms with Gasteiger partial charge in [0.1, 0.15) is 5.01 Å². The normalized spacial score (nSPS) is 14.2. The van der Waals surface area contributed by atoms with Crippen molar-refractivity contribution in [2.75, 3.05) is 10.8 Å². The first-order valence-electron chi connectivity index (χ1n) is 7.37. The van der Waals surface area contributed by atoms with Crippen LogP contribution in [0.1, 0.15) is 11.4 Å². The molecule has 0 unspecified atom stereocenters. The van der Waals surface area contributed by atoms with E-state index in [9.17, 15) is 4.79 Å². The summed E-state index contributed by atoms with van der Waals surface area (Å²) < 4.78 is 1.66. The monoisotopic (exact) mass is 372 g/mol. The molecule has 0 fully saturated rings. The highest BCUT2D eigenvalue weighted by Crippen LogP contribution is 2.26. The Labute approximate surface area is 150 Å². The van der Waals surface area contributed by atoms with Crippen LogP contribution >= 0.6 is 23.1 Å². The number of carbonyl (C=O) groups excluding carboxylic acids is 1. The van der Waals surface area contributed by atoms with E-state index in [1.54, 1.807) is 4.68 Å². The lowest BCUT2D eigenvalue weighted by atomic mass is 10.3. The van der Waals surface area contributed by atoms with E-state index >= 15 is 0 Å². The predicted molar refractivity (Wildman–Crippen MR) is 94.1 cm³/mol. The maximum atomic E-state index is 12.1. The summed E-state index contributed by atoms with van der Waals surface area (Å²) in [5.41, 5.74) is 1.64. The van der Waals surface area contributed by atoms with E-state index in [4.69, 9.17) is 0 Å². The number of rotatable bonds is 5. The number of benzene rings is 1. The van der Waals surface area contributed by atoms with Gasteiger partial charge in [0.2, 0.25) is 10.3 Å². The van der Waals surface area contributed by atoms with E-state index in [1.165, 1.54) is 28.1 Å². The molecule has 0 spiro atoms. The van der Waals surface area contributed by atoms with Crippen LogP contribution in [0.2, 0.25) is 0 Å². The lowest BCUT2D eigenvalue weighted by Gasteiger charge is -2.04. The standard InChI is InChI=1S/C14H12N8OS2/c1-9-15-16-14(25-9)22-12(23)7-10(18-22)8-24-13-17-19-20-21(13)11-5-3-2-4-6-11/h2-6H,7-8H2,1H3. The van der Waals surface area contributed by atoms with Crippen LogP contribution in [0.25, 0.3) is 5.69 Å². The number of tetrazole rings is 1. The Morgan fingerprint density at radius 2 is 2.04 bits per heavy atom. The predicted octanol–water partition coefficient (Wildman–Crippen LogP) is 1.71. The van der Waals surface area contributed by atoms with Crippen molar-refractivity contribution in [3.63, 3.8) is 0 Å². The number of aromatic nitrogens is 6. The molecule has 0 bridgehead atoms. The van der Waals surface area contributed by atoms with Crippen LogP contribution < -0.4 is 5.01 Å². The van der Waals surface area contributed by atoms with Crippen molar-refractivity contribution < 1.29 is 4.79 Å². The summed E-state index contributed by atoms with van der Waals surface area (Å²) >= 11 is 2.77. The minimum absolute atomic E-state index is 0.102. The fourth-order valence-corrected chi connectivity index (χ4v) is 3.70. The number of hydrogen-bond donors (Lipinski definition) is 0. The van der Waals surface area contributed by atoms with Gasteiger partial charge in [0.25, 0.3) is 5.91 Å². The molecule has 4 rings (SSSR count). The molecule has 0 radical (unpaired) electrons. The second-order valence-corrected chi connectivity index (χ2v) is 7.25. The minimum Gasteiger partial charge on any atom is -0.272 e. The first-order chi connectivity index (χ1) is 12.2. The van der Waals surface area contributed by atoms with Crippen molar-refractivity contribution in [2.24, 2.45) is 5.10 Å². The summed E-state index contributed by atoms with van der Waals surface area (Å²) in [5.74, 6) is 0.419. The third-order valence-electron chi connectivity index (χ3n) is 3.34. The van der Waals surface area contributed by atoms with Crippen molar-refractivity contribution in [1.29, 1.82) is 0 Å². The highest BCUT2D eigenvalue weighted by Gasteiger charge is 2.28. The largest absolute Gasteiger partial charge is 0.272 e. The van der Waals surface area contributed by atoms with Gasteiger partial charge in [-0.25, -0.2) is 0 Å². The summed E-state index contributed by atoms with van der Waals surface area (Å²) in [4.78, 5) is 12.1. The van der Waals surface area contributed by atoms with E-state index in [2.05, 4.69) is 30.8 Å². The average molecular weight is 372 g/mol. The Morgan fingerprint density at radius 1 is 1.20 bits per heavy atom. The number of anilines is 1. The summed E-state index contributed by atoms with van der Waals surface area (Å²) in [5, 5.41) is 27.3. The van der Waals surface area contributed by atoms with Crippen LogP contribution in [-0.4, -0.2) is 47.8 Å². The number of aryl methyl sites for hydroxylation is 1. The molecule has 25 heavy (non-hydrogen) atoms. The zero-order valence-corrected chi connectivity index (χ0v) is 14.7. The van der Waals surface area contributed by atoms with Crippen LogP contribution in [0.15, 0.2) is 40.6 Å². The van der Waals surface area contributed by atoms with Crippen molar-refractivity contribution in [3.8, 4) is 5.69 Å². The van der Waals surface area contributed by atoms with Gasteiger partial charge in [-0.2, -0.15) is 14.8 Å². The van der Waals surface area contributed by atoms with Crippen LogP contribution in [0.5, 0.6) is 0 Å². The fourth-order valence-electron chi connectivity index (χ4n) is 2.23. The molecule has 1 aliphatic heterocycles. The first kappa shape index (κ1) is 15.8. The minimum atomic E-state index is -0.102. The maximum Gasteiger partial charge on any atom is 0.255 e. The molecular formula is C14H12N8OS2. The van der Waals surface area contributed by atoms with E-state index in [-0.39, 0.29) is 12.3 Å². The van der Waals surface area contributed by atoms with E-state index in [0.717, 1.165) is 16.4 Å². The molecule has 0 saturated heterocycles. The Hall–Kier alpha value is -2.66. The average Bonchev–Trinajstić information content (AvgIpc) is 3.33. The van der Waals surface area contributed by atoms with Gasteiger partial charge in [0.05, 0.1) is 17.8 Å². The number of hydrazone groups is 1. The molecule has 3 heterocycles. The number of carbonyl (C=O) groups is 1. The summed E-state index contributed by atoms with van der Waals surface area (Å²) in [6.45, 7) is 1.84. The number of amides is 1. The zero-order valence-electron chi connectivity index (χ0n) is 13.1. The van der Waals surface area contributed by atoms with Gasteiger partial charge >= 0.3 is 0 Å². The van der Waals surface area contributed by atoms with Gasteiger partial charge < -0.3 is 0 Å². The number of thioether (sulfide) groups is 1. The molecule has 0 saturated carbocycles. The summed E-state index contributed by atoms with van der Waals surface area (Å²) in [7, 11) is 0. The molecular weight excluding hydrogens is 360 g/mol. The topological polar surface area (TPSA) is 102 Å².